The Morgan fingerprint density at radius 1 is 0.227 bits per heavy atom. The van der Waals surface area contributed by atoms with Gasteiger partial charge in [0.2, 0.25) is 0 Å². The predicted molar refractivity (Wildman–Crippen MR) is 333 cm³/mol. The average Bonchev–Trinajstić information content (AvgIpc) is 3.44. The number of nitrogens with one attached hydrogen (secondary N) is 1. The number of rotatable bonds is 17. The fourth-order valence-corrected chi connectivity index (χ4v) is 20.8. The van der Waals surface area contributed by atoms with Crippen LogP contribution in [0.25, 0.3) is 11.1 Å². The normalized spacial score (nSPS) is 12.2. The van der Waals surface area contributed by atoms with Crippen LogP contribution in [0.15, 0.2) is 218 Å². The van der Waals surface area contributed by atoms with Gasteiger partial charge in [-0.1, -0.05) is 277 Å². The van der Waals surface area contributed by atoms with Crippen molar-refractivity contribution >= 4 is 69.0 Å². The van der Waals surface area contributed by atoms with Gasteiger partial charge in [0.15, 0.2) is 16.1 Å². The van der Waals surface area contributed by atoms with Gasteiger partial charge in [-0.05, 0) is 146 Å². The zero-order valence-corrected chi connectivity index (χ0v) is 48.7. The van der Waals surface area contributed by atoms with E-state index in [4.69, 9.17) is 0 Å². The van der Waals surface area contributed by atoms with Gasteiger partial charge < -0.3 is 5.32 Å². The first-order valence-electron chi connectivity index (χ1n) is 27.8. The van der Waals surface area contributed by atoms with E-state index in [2.05, 4.69) is 307 Å². The van der Waals surface area contributed by atoms with Crippen molar-refractivity contribution < 1.29 is 0 Å². The summed E-state index contributed by atoms with van der Waals surface area (Å²) < 4.78 is 0. The van der Waals surface area contributed by atoms with Crippen LogP contribution >= 0.6 is 0 Å². The molecule has 0 aliphatic carbocycles. The van der Waals surface area contributed by atoms with Crippen LogP contribution < -0.4 is 46.8 Å². The van der Waals surface area contributed by atoms with Gasteiger partial charge in [-0.2, -0.15) is 0 Å². The Hall–Kier alpha value is -6.79. The number of hydrogen-bond acceptors (Lipinski definition) is 1. The largest absolute Gasteiger partial charge is 0.356 e. The lowest BCUT2D eigenvalue weighted by Gasteiger charge is -2.35. The average molecular weight is 1010 g/mol. The second kappa shape index (κ2) is 22.6. The zero-order valence-electron chi connectivity index (χ0n) is 46.7. The lowest BCUT2D eigenvalue weighted by atomic mass is 10.0. The third-order valence-electron chi connectivity index (χ3n) is 16.2. The van der Waals surface area contributed by atoms with E-state index >= 15 is 0 Å². The van der Waals surface area contributed by atoms with Crippen LogP contribution in [0.5, 0.6) is 0 Å². The lowest BCUT2D eigenvalue weighted by Crippen LogP contribution is -2.74. The molecule has 0 aromatic heterocycles. The Kier molecular flexibility index (Phi) is 16.0. The van der Waals surface area contributed by atoms with E-state index in [0.29, 0.717) is 35.5 Å². The van der Waals surface area contributed by atoms with Crippen LogP contribution in [-0.4, -0.2) is 16.1 Å². The van der Waals surface area contributed by atoms with Gasteiger partial charge in [-0.3, -0.25) is 0 Å². The van der Waals surface area contributed by atoms with E-state index in [9.17, 15) is 0 Å². The second-order valence-corrected chi connectivity index (χ2v) is 30.6. The van der Waals surface area contributed by atoms with Crippen molar-refractivity contribution in [2.45, 2.75) is 119 Å². The van der Waals surface area contributed by atoms with E-state index in [1.807, 2.05) is 0 Å². The molecule has 1 N–H and O–H groups in total. The molecule has 9 rings (SSSR count). The van der Waals surface area contributed by atoms with Gasteiger partial charge >= 0.3 is 0 Å². The van der Waals surface area contributed by atoms with Crippen LogP contribution in [0, 0.1) is 0 Å². The Labute approximate surface area is 453 Å². The topological polar surface area (TPSA) is 12.0 Å². The fourth-order valence-electron chi connectivity index (χ4n) is 11.4. The molecule has 3 heteroatoms. The standard InChI is InChI=1S/C72H79NSi2/c1-49(2)55-19-33-65(34-20-55)74(66-35-21-56(22-36-66)50(3)4,67-37-23-57(24-38-67)51(5)6)71-45-31-63(32-46-71)73-64-17-13-15-61(47-64)62-16-14-18-72(48-62)75(68-39-25-58(26-40-68)52(7)8,69-41-27-59(28-42-69)53(9)10)70-43-29-60(30-44-70)54(11)12/h13-54,73H,1-12H3. The molecule has 9 aromatic carbocycles. The third-order valence-corrected chi connectivity index (χ3v) is 25.7. The Morgan fingerprint density at radius 2 is 0.467 bits per heavy atom. The van der Waals surface area contributed by atoms with Crippen LogP contribution in [-0.2, 0) is 0 Å². The molecule has 0 saturated heterocycles. The van der Waals surface area contributed by atoms with Crippen molar-refractivity contribution in [1.82, 2.24) is 0 Å². The van der Waals surface area contributed by atoms with Crippen LogP contribution in [0.4, 0.5) is 11.4 Å². The van der Waals surface area contributed by atoms with Crippen molar-refractivity contribution in [2.24, 2.45) is 0 Å². The molecule has 75 heavy (non-hydrogen) atoms. The third kappa shape index (κ3) is 10.7. The van der Waals surface area contributed by atoms with Crippen molar-refractivity contribution in [3.63, 3.8) is 0 Å². The maximum Gasteiger partial charge on any atom is 0.179 e. The van der Waals surface area contributed by atoms with Crippen molar-refractivity contribution in [1.29, 1.82) is 0 Å². The van der Waals surface area contributed by atoms with E-state index in [1.165, 1.54) is 86.0 Å². The van der Waals surface area contributed by atoms with Gasteiger partial charge in [0.25, 0.3) is 0 Å². The van der Waals surface area contributed by atoms with Crippen molar-refractivity contribution in [2.75, 3.05) is 5.32 Å². The monoisotopic (exact) mass is 1010 g/mol. The van der Waals surface area contributed by atoms with E-state index in [-0.39, 0.29) is 0 Å². The van der Waals surface area contributed by atoms with E-state index < -0.39 is 16.1 Å². The van der Waals surface area contributed by atoms with Crippen LogP contribution in [0.2, 0.25) is 0 Å². The van der Waals surface area contributed by atoms with Gasteiger partial charge in [-0.25, -0.2) is 0 Å². The summed E-state index contributed by atoms with van der Waals surface area (Å²) in [6, 6.07) is 85.6. The molecule has 0 unspecified atom stereocenters. The summed E-state index contributed by atoms with van der Waals surface area (Å²) in [4.78, 5) is 0. The number of hydrogen-bond donors (Lipinski definition) is 1. The Balaban J connectivity index is 1.13. The molecular formula is C72H79NSi2. The summed E-state index contributed by atoms with van der Waals surface area (Å²) in [5.74, 6) is 2.74. The molecule has 0 aliphatic heterocycles. The summed E-state index contributed by atoms with van der Waals surface area (Å²) >= 11 is 0. The summed E-state index contributed by atoms with van der Waals surface area (Å²) in [6.45, 7) is 27.5. The molecule has 0 atom stereocenters. The molecule has 380 valence electrons. The SMILES string of the molecule is CC(C)c1ccc([Si](c2ccc(Nc3cccc(-c4cccc([Si](c5ccc(C(C)C)cc5)(c5ccc(C(C)C)cc5)c5ccc(C(C)C)cc5)c4)c3)cc2)(c2ccc(C(C)C)cc2)c2ccc(C(C)C)cc2)cc1. The van der Waals surface area contributed by atoms with Crippen LogP contribution in [0.1, 0.15) is 152 Å². The molecule has 0 radical (unpaired) electrons. The highest BCUT2D eigenvalue weighted by Crippen LogP contribution is 2.27. The quantitative estimate of drug-likeness (QED) is 0.0708. The molecular weight excluding hydrogens is 935 g/mol. The van der Waals surface area contributed by atoms with Gasteiger partial charge in [0.1, 0.15) is 0 Å². The summed E-state index contributed by atoms with van der Waals surface area (Å²) in [5.41, 5.74) is 12.7. The molecule has 9 aromatic rings. The zero-order chi connectivity index (χ0) is 53.0. The molecule has 0 heterocycles. The Bertz CT molecular complexity index is 3040. The van der Waals surface area contributed by atoms with Crippen LogP contribution in [0.3, 0.4) is 0 Å². The summed E-state index contributed by atoms with van der Waals surface area (Å²) in [6.07, 6.45) is 0. The molecule has 0 amide bonds. The van der Waals surface area contributed by atoms with Crippen molar-refractivity contribution in [3.8, 4) is 11.1 Å². The predicted octanol–water partition coefficient (Wildman–Crippen LogP) is 14.6. The molecule has 0 aliphatic rings. The van der Waals surface area contributed by atoms with Gasteiger partial charge in [0, 0.05) is 11.4 Å². The molecule has 0 spiro atoms. The molecule has 0 saturated carbocycles. The van der Waals surface area contributed by atoms with Gasteiger partial charge in [0.05, 0.1) is 0 Å². The minimum absolute atomic E-state index is 0.455. The molecule has 0 bridgehead atoms. The highest BCUT2D eigenvalue weighted by atomic mass is 28.3. The van der Waals surface area contributed by atoms with E-state index in [1.54, 1.807) is 0 Å². The summed E-state index contributed by atoms with van der Waals surface area (Å²) in [5, 5.41) is 15.0. The maximum absolute atomic E-state index is 3.86. The first-order valence-corrected chi connectivity index (χ1v) is 31.8. The highest BCUT2D eigenvalue weighted by Gasteiger charge is 2.43. The fraction of sp³-hybridized carbons (Fsp3) is 0.250. The summed E-state index contributed by atoms with van der Waals surface area (Å²) in [7, 11) is -5.63. The van der Waals surface area contributed by atoms with E-state index in [0.717, 1.165) is 11.4 Å². The molecule has 1 nitrogen and oxygen atoms in total. The van der Waals surface area contributed by atoms with Gasteiger partial charge in [-0.15, -0.1) is 0 Å². The smallest absolute Gasteiger partial charge is 0.179 e. The highest BCUT2D eigenvalue weighted by molar-refractivity contribution is 7.20. The maximum atomic E-state index is 3.86. The Morgan fingerprint density at radius 3 is 0.747 bits per heavy atom. The van der Waals surface area contributed by atoms with Crippen molar-refractivity contribution in [3.05, 3.63) is 252 Å². The number of benzene rings is 9. The molecule has 0 fully saturated rings. The number of anilines is 2. The first-order chi connectivity index (χ1) is 36.1. The second-order valence-electron chi connectivity index (χ2n) is 23.0. The minimum atomic E-state index is -2.84. The first kappa shape index (κ1) is 53.1. The lowest BCUT2D eigenvalue weighted by molar-refractivity contribution is 0.867. The minimum Gasteiger partial charge on any atom is -0.356 e.